The van der Waals surface area contributed by atoms with Gasteiger partial charge >= 0.3 is 29.8 Å². The molecule has 1 amide bonds. The summed E-state index contributed by atoms with van der Waals surface area (Å²) < 4.78 is 27.6. The van der Waals surface area contributed by atoms with Crippen LogP contribution in [0.2, 0.25) is 0 Å². The highest BCUT2D eigenvalue weighted by Gasteiger charge is 2.37. The second kappa shape index (κ2) is 21.3. The molecule has 1 aliphatic rings. The van der Waals surface area contributed by atoms with E-state index in [-0.39, 0.29) is 47.0 Å². The number of amides is 1. The predicted molar refractivity (Wildman–Crippen MR) is 206 cm³/mol. The van der Waals surface area contributed by atoms with Crippen LogP contribution in [-0.4, -0.2) is 74.9 Å². The van der Waals surface area contributed by atoms with Crippen molar-refractivity contribution in [1.29, 1.82) is 0 Å². The lowest BCUT2D eigenvalue weighted by molar-refractivity contribution is -0.162. The van der Waals surface area contributed by atoms with Crippen molar-refractivity contribution >= 4 is 81.6 Å². The summed E-state index contributed by atoms with van der Waals surface area (Å²) in [6.45, 7) is 13.2. The van der Waals surface area contributed by atoms with Gasteiger partial charge in [-0.25, -0.2) is 19.6 Å². The second-order valence-electron chi connectivity index (χ2n) is 14.1. The van der Waals surface area contributed by atoms with Crippen molar-refractivity contribution < 1.29 is 52.5 Å². The van der Waals surface area contributed by atoms with Crippen LogP contribution < -0.4 is 5.32 Å². The van der Waals surface area contributed by atoms with Crippen molar-refractivity contribution in [3.05, 3.63) is 32.2 Å². The number of esters is 5. The average molecular weight is 849 g/mol. The van der Waals surface area contributed by atoms with Gasteiger partial charge in [0.2, 0.25) is 5.91 Å². The standard InChI is InChI=1S/C37H51Cl2N3O11S2/c1-9-12-28(44)42-30(20(5)10-2)26(50-22(7)43)15-29(45)51-27-16-49-35(47)23-17-55-33(41-23)31(19(3)4)53-34(46)21(6)25(13-11-14-37(8,38)39)52-36(48)24-18-54-32(27)40-24/h17-21,25-27,30-31H,9-16H2,1-8H3,(H,42,44)/t20-,21+,25+,26-,27-,30+,31+/m1/s1. The minimum atomic E-state index is -1.31. The van der Waals surface area contributed by atoms with Crippen LogP contribution in [0.25, 0.3) is 0 Å². The van der Waals surface area contributed by atoms with E-state index in [9.17, 15) is 28.8 Å². The Morgan fingerprint density at radius 3 is 2.25 bits per heavy atom. The van der Waals surface area contributed by atoms with Crippen LogP contribution in [0.4, 0.5) is 0 Å². The van der Waals surface area contributed by atoms with Gasteiger partial charge in [0.25, 0.3) is 0 Å². The fraction of sp³-hybridized carbons (Fsp3) is 0.676. The Morgan fingerprint density at radius 2 is 1.65 bits per heavy atom. The molecule has 14 nitrogen and oxygen atoms in total. The number of hydrogen-bond acceptors (Lipinski definition) is 15. The maximum absolute atomic E-state index is 13.6. The fourth-order valence-corrected chi connectivity index (χ4v) is 7.72. The third-order valence-corrected chi connectivity index (χ3v) is 11.1. The van der Waals surface area contributed by atoms with Gasteiger partial charge in [0.05, 0.1) is 18.4 Å². The van der Waals surface area contributed by atoms with Crippen LogP contribution in [0.15, 0.2) is 10.8 Å². The van der Waals surface area contributed by atoms with Crippen LogP contribution >= 0.6 is 45.9 Å². The summed E-state index contributed by atoms with van der Waals surface area (Å²) in [5.41, 5.74) is -0.196. The van der Waals surface area contributed by atoms with Crippen molar-refractivity contribution in [1.82, 2.24) is 15.3 Å². The van der Waals surface area contributed by atoms with Crippen LogP contribution in [0.3, 0.4) is 0 Å². The minimum Gasteiger partial charge on any atom is -0.460 e. The number of rotatable bonds is 15. The number of alkyl halides is 2. The number of hydrogen-bond donors (Lipinski definition) is 1. The lowest BCUT2D eigenvalue weighted by Gasteiger charge is -2.31. The van der Waals surface area contributed by atoms with E-state index in [1.54, 1.807) is 13.8 Å². The molecule has 1 aliphatic heterocycles. The maximum atomic E-state index is 13.6. The molecule has 0 saturated heterocycles. The van der Waals surface area contributed by atoms with E-state index in [1.807, 2.05) is 34.6 Å². The first kappa shape index (κ1) is 46.0. The van der Waals surface area contributed by atoms with Crippen molar-refractivity contribution in [3.63, 3.8) is 0 Å². The SMILES string of the molecule is CCCC(=O)N[C@@H]([C@H](C)CC)[C@@H](CC(=O)O[C@@H]1COC(=O)c2csc(n2)[C@H](C(C)C)OC(=O)[C@@H](C)[C@H](CCCC(C)(Cl)Cl)OC(=O)c2csc1n2)OC(C)=O. The highest BCUT2D eigenvalue weighted by atomic mass is 35.5. The first-order valence-electron chi connectivity index (χ1n) is 18.4. The second-order valence-corrected chi connectivity index (χ2v) is 17.7. The Labute approximate surface area is 339 Å². The van der Waals surface area contributed by atoms with E-state index in [1.165, 1.54) is 17.7 Å². The molecule has 306 valence electrons. The molecule has 55 heavy (non-hydrogen) atoms. The molecule has 7 atom stereocenters. The van der Waals surface area contributed by atoms with Gasteiger partial charge in [-0.2, -0.15) is 0 Å². The number of aromatic nitrogens is 2. The van der Waals surface area contributed by atoms with E-state index in [4.69, 9.17) is 46.9 Å². The molecule has 0 radical (unpaired) electrons. The van der Waals surface area contributed by atoms with E-state index < -0.39 is 83.6 Å². The summed E-state index contributed by atoms with van der Waals surface area (Å²) in [6.07, 6.45) is -2.18. The molecule has 0 unspecified atom stereocenters. The highest BCUT2D eigenvalue weighted by Crippen LogP contribution is 2.33. The highest BCUT2D eigenvalue weighted by molar-refractivity contribution is 7.10. The smallest absolute Gasteiger partial charge is 0.358 e. The molecule has 0 aromatic carbocycles. The van der Waals surface area contributed by atoms with Gasteiger partial charge < -0.3 is 29.0 Å². The van der Waals surface area contributed by atoms with Gasteiger partial charge in [-0.3, -0.25) is 19.2 Å². The molecule has 2 aromatic rings. The summed E-state index contributed by atoms with van der Waals surface area (Å²) in [5.74, 6) is -5.44. The van der Waals surface area contributed by atoms with Gasteiger partial charge in [-0.15, -0.1) is 45.9 Å². The fourth-order valence-electron chi connectivity index (χ4n) is 5.67. The first-order chi connectivity index (χ1) is 25.8. The molecule has 4 bridgehead atoms. The normalized spacial score (nSPS) is 21.3. The molecule has 0 saturated carbocycles. The number of fused-ring (bicyclic) bond motifs is 4. The lowest BCUT2D eigenvalue weighted by Crippen LogP contribution is -2.49. The van der Waals surface area contributed by atoms with Gasteiger partial charge in [-0.05, 0) is 51.4 Å². The Morgan fingerprint density at radius 1 is 1.02 bits per heavy atom. The van der Waals surface area contributed by atoms with Crippen LogP contribution in [0, 0.1) is 17.8 Å². The number of thiazole rings is 2. The molecule has 1 N–H and O–H groups in total. The molecule has 0 spiro atoms. The molecule has 0 aliphatic carbocycles. The predicted octanol–water partition coefficient (Wildman–Crippen LogP) is 7.47. The van der Waals surface area contributed by atoms with E-state index in [2.05, 4.69) is 15.3 Å². The van der Waals surface area contributed by atoms with Crippen molar-refractivity contribution in [2.45, 2.75) is 135 Å². The summed E-state index contributed by atoms with van der Waals surface area (Å²) in [6, 6.07) is -0.706. The molecule has 0 fully saturated rings. The monoisotopic (exact) mass is 847 g/mol. The maximum Gasteiger partial charge on any atom is 0.358 e. The zero-order chi connectivity index (χ0) is 41.0. The van der Waals surface area contributed by atoms with Crippen molar-refractivity contribution in [2.75, 3.05) is 6.61 Å². The van der Waals surface area contributed by atoms with Crippen molar-refractivity contribution in [3.8, 4) is 0 Å². The average Bonchev–Trinajstić information content (AvgIpc) is 3.80. The van der Waals surface area contributed by atoms with Gasteiger partial charge in [0.15, 0.2) is 23.6 Å². The summed E-state index contributed by atoms with van der Waals surface area (Å²) in [5, 5.41) is 6.22. The number of cyclic esters (lactones) is 3. The molecule has 2 aromatic heterocycles. The third kappa shape index (κ3) is 14.3. The number of nitrogens with zero attached hydrogens (tertiary/aromatic N) is 2. The van der Waals surface area contributed by atoms with E-state index >= 15 is 0 Å². The summed E-state index contributed by atoms with van der Waals surface area (Å²) in [4.78, 5) is 87.5. The molecular formula is C37H51Cl2N3O11S2. The number of nitrogens with one attached hydrogen (secondary N) is 1. The van der Waals surface area contributed by atoms with Crippen LogP contribution in [0.1, 0.15) is 144 Å². The van der Waals surface area contributed by atoms with Crippen LogP contribution in [-0.2, 0) is 42.9 Å². The molecule has 3 rings (SSSR count). The zero-order valence-electron chi connectivity index (χ0n) is 32.4. The summed E-state index contributed by atoms with van der Waals surface area (Å²) >= 11 is 14.4. The van der Waals surface area contributed by atoms with Crippen LogP contribution in [0.5, 0.6) is 0 Å². The number of carbonyl (C=O) groups is 6. The molecular weight excluding hydrogens is 797 g/mol. The largest absolute Gasteiger partial charge is 0.460 e. The number of ether oxygens (including phenoxy) is 5. The van der Waals surface area contributed by atoms with E-state index in [0.29, 0.717) is 30.7 Å². The van der Waals surface area contributed by atoms with Gasteiger partial charge in [-0.1, -0.05) is 41.0 Å². The molecule has 3 heterocycles. The zero-order valence-corrected chi connectivity index (χ0v) is 35.5. The van der Waals surface area contributed by atoms with Crippen molar-refractivity contribution in [2.24, 2.45) is 17.8 Å². The Bertz CT molecular complexity index is 1640. The quantitative estimate of drug-likeness (QED) is 0.106. The number of carbonyl (C=O) groups excluding carboxylic acids is 6. The number of halogens is 2. The van der Waals surface area contributed by atoms with E-state index in [0.717, 1.165) is 22.7 Å². The third-order valence-electron chi connectivity index (χ3n) is 8.91. The Balaban J connectivity index is 1.99. The molecule has 18 heteroatoms. The lowest BCUT2D eigenvalue weighted by atomic mass is 9.92. The van der Waals surface area contributed by atoms with Gasteiger partial charge in [0.1, 0.15) is 33.2 Å². The first-order valence-corrected chi connectivity index (χ1v) is 20.9. The topological polar surface area (TPSA) is 186 Å². The van der Waals surface area contributed by atoms with Gasteiger partial charge in [0, 0.05) is 24.1 Å². The Hall–Kier alpha value is -3.34. The summed E-state index contributed by atoms with van der Waals surface area (Å²) in [7, 11) is 0. The minimum absolute atomic E-state index is 0.0558. The Kier molecular flexibility index (Phi) is 17.8.